The summed E-state index contributed by atoms with van der Waals surface area (Å²) < 4.78 is 5.14. The second kappa shape index (κ2) is 5.57. The van der Waals surface area contributed by atoms with Gasteiger partial charge in [0.25, 0.3) is 0 Å². The van der Waals surface area contributed by atoms with Crippen molar-refractivity contribution in [1.82, 2.24) is 0 Å². The van der Waals surface area contributed by atoms with Gasteiger partial charge in [-0.05, 0) is 52.7 Å². The molecule has 0 spiro atoms. The van der Waals surface area contributed by atoms with Crippen molar-refractivity contribution < 1.29 is 4.74 Å². The molecule has 0 radical (unpaired) electrons. The number of rotatable bonds is 3. The number of hydrogen-bond donors (Lipinski definition) is 0. The van der Waals surface area contributed by atoms with E-state index in [9.17, 15) is 0 Å². The lowest BCUT2D eigenvalue weighted by molar-refractivity contribution is 0.415. The summed E-state index contributed by atoms with van der Waals surface area (Å²) in [5.74, 6) is 0.854. The van der Waals surface area contributed by atoms with Crippen molar-refractivity contribution in [2.24, 2.45) is 4.99 Å². The highest BCUT2D eigenvalue weighted by atomic mass is 16.5. The third-order valence-electron chi connectivity index (χ3n) is 3.21. The topological polar surface area (TPSA) is 21.6 Å². The number of benzene rings is 3. The van der Waals surface area contributed by atoms with Crippen LogP contribution >= 0.6 is 0 Å². The molecule has 0 saturated carbocycles. The first kappa shape index (κ1) is 12.4. The zero-order valence-corrected chi connectivity index (χ0v) is 11.3. The molecule has 0 atom stereocenters. The standard InChI is InChI=1S/C18H15NO/c1-20-18-10-6-14(7-11-18)13-19-17-9-8-15-4-2-3-5-16(15)12-17/h2-13H,1H3. The van der Waals surface area contributed by atoms with Gasteiger partial charge in [-0.2, -0.15) is 0 Å². The van der Waals surface area contributed by atoms with E-state index in [-0.39, 0.29) is 0 Å². The summed E-state index contributed by atoms with van der Waals surface area (Å²) in [5.41, 5.74) is 2.01. The Morgan fingerprint density at radius 1 is 0.850 bits per heavy atom. The zero-order valence-electron chi connectivity index (χ0n) is 11.3. The maximum absolute atomic E-state index is 5.14. The van der Waals surface area contributed by atoms with E-state index in [1.807, 2.05) is 48.7 Å². The Labute approximate surface area is 118 Å². The van der Waals surface area contributed by atoms with Crippen LogP contribution in [0.25, 0.3) is 10.8 Å². The Balaban J connectivity index is 1.85. The Morgan fingerprint density at radius 2 is 1.60 bits per heavy atom. The molecule has 3 rings (SSSR count). The molecule has 3 aromatic rings. The first-order valence-corrected chi connectivity index (χ1v) is 6.52. The first-order chi connectivity index (χ1) is 9.85. The predicted molar refractivity (Wildman–Crippen MR) is 84.2 cm³/mol. The van der Waals surface area contributed by atoms with E-state index in [2.05, 4.69) is 29.3 Å². The molecule has 0 unspecified atom stereocenters. The van der Waals surface area contributed by atoms with Crippen LogP contribution in [0.2, 0.25) is 0 Å². The third-order valence-corrected chi connectivity index (χ3v) is 3.21. The molecule has 0 N–H and O–H groups in total. The molecule has 0 saturated heterocycles. The van der Waals surface area contributed by atoms with Crippen LogP contribution in [-0.4, -0.2) is 13.3 Å². The molecular weight excluding hydrogens is 246 g/mol. The van der Waals surface area contributed by atoms with Gasteiger partial charge in [-0.1, -0.05) is 30.3 Å². The number of ether oxygens (including phenoxy) is 1. The molecule has 0 amide bonds. The molecular formula is C18H15NO. The summed E-state index contributed by atoms with van der Waals surface area (Å²) in [7, 11) is 1.66. The van der Waals surface area contributed by atoms with E-state index in [4.69, 9.17) is 4.74 Å². The number of nitrogens with zero attached hydrogens (tertiary/aromatic N) is 1. The molecule has 2 heteroatoms. The fourth-order valence-electron chi connectivity index (χ4n) is 2.10. The minimum atomic E-state index is 0.854. The third kappa shape index (κ3) is 2.69. The van der Waals surface area contributed by atoms with Crippen molar-refractivity contribution >= 4 is 22.7 Å². The highest BCUT2D eigenvalue weighted by Crippen LogP contribution is 2.21. The van der Waals surface area contributed by atoms with Crippen LogP contribution in [-0.2, 0) is 0 Å². The molecule has 0 aliphatic carbocycles. The zero-order chi connectivity index (χ0) is 13.8. The van der Waals surface area contributed by atoms with Gasteiger partial charge in [0.15, 0.2) is 0 Å². The van der Waals surface area contributed by atoms with Gasteiger partial charge in [0.1, 0.15) is 5.75 Å². The van der Waals surface area contributed by atoms with E-state index in [1.54, 1.807) is 7.11 Å². The first-order valence-electron chi connectivity index (χ1n) is 6.52. The minimum absolute atomic E-state index is 0.854. The van der Waals surface area contributed by atoms with Gasteiger partial charge in [0.2, 0.25) is 0 Å². The Kier molecular flexibility index (Phi) is 3.46. The maximum atomic E-state index is 5.14. The van der Waals surface area contributed by atoms with Gasteiger partial charge >= 0.3 is 0 Å². The second-order valence-electron chi connectivity index (χ2n) is 4.56. The largest absolute Gasteiger partial charge is 0.497 e. The molecule has 98 valence electrons. The van der Waals surface area contributed by atoms with Crippen molar-refractivity contribution in [3.8, 4) is 5.75 Å². The van der Waals surface area contributed by atoms with E-state index in [0.29, 0.717) is 0 Å². The minimum Gasteiger partial charge on any atom is -0.497 e. The summed E-state index contributed by atoms with van der Waals surface area (Å²) in [5, 5.41) is 2.44. The highest BCUT2D eigenvalue weighted by molar-refractivity contribution is 5.87. The Bertz CT molecular complexity index is 745. The number of fused-ring (bicyclic) bond motifs is 1. The Morgan fingerprint density at radius 3 is 2.35 bits per heavy atom. The van der Waals surface area contributed by atoms with Crippen LogP contribution < -0.4 is 4.74 Å². The molecule has 0 aliphatic rings. The van der Waals surface area contributed by atoms with Gasteiger partial charge < -0.3 is 4.74 Å². The second-order valence-corrected chi connectivity index (χ2v) is 4.56. The normalized spacial score (nSPS) is 11.1. The van der Waals surface area contributed by atoms with Crippen LogP contribution in [0.5, 0.6) is 5.75 Å². The molecule has 3 aromatic carbocycles. The van der Waals surface area contributed by atoms with Crippen LogP contribution in [0.3, 0.4) is 0 Å². The van der Waals surface area contributed by atoms with Crippen molar-refractivity contribution in [3.63, 3.8) is 0 Å². The lowest BCUT2D eigenvalue weighted by Gasteiger charge is -2.00. The summed E-state index contributed by atoms with van der Waals surface area (Å²) in [6.07, 6.45) is 1.86. The van der Waals surface area contributed by atoms with Gasteiger partial charge in [-0.25, -0.2) is 0 Å². The SMILES string of the molecule is COc1ccc(C=Nc2ccc3ccccc3c2)cc1. The van der Waals surface area contributed by atoms with Crippen molar-refractivity contribution in [2.45, 2.75) is 0 Å². The molecule has 0 aromatic heterocycles. The van der Waals surface area contributed by atoms with Gasteiger partial charge in [-0.15, -0.1) is 0 Å². The van der Waals surface area contributed by atoms with Crippen LogP contribution in [0.4, 0.5) is 5.69 Å². The van der Waals surface area contributed by atoms with Crippen LogP contribution in [0, 0.1) is 0 Å². The van der Waals surface area contributed by atoms with E-state index < -0.39 is 0 Å². The molecule has 0 bridgehead atoms. The fraction of sp³-hybridized carbons (Fsp3) is 0.0556. The average molecular weight is 261 g/mol. The average Bonchev–Trinajstić information content (AvgIpc) is 2.53. The van der Waals surface area contributed by atoms with Crippen LogP contribution in [0.1, 0.15) is 5.56 Å². The van der Waals surface area contributed by atoms with Gasteiger partial charge in [-0.3, -0.25) is 4.99 Å². The molecule has 0 aliphatic heterocycles. The summed E-state index contributed by atoms with van der Waals surface area (Å²) >= 11 is 0. The summed E-state index contributed by atoms with van der Waals surface area (Å²) in [6, 6.07) is 22.3. The van der Waals surface area contributed by atoms with E-state index in [0.717, 1.165) is 17.0 Å². The van der Waals surface area contributed by atoms with E-state index in [1.165, 1.54) is 10.8 Å². The monoisotopic (exact) mass is 261 g/mol. The Hall–Kier alpha value is -2.61. The lowest BCUT2D eigenvalue weighted by atomic mass is 10.1. The quantitative estimate of drug-likeness (QED) is 0.631. The fourth-order valence-corrected chi connectivity index (χ4v) is 2.10. The summed E-state index contributed by atoms with van der Waals surface area (Å²) in [6.45, 7) is 0. The summed E-state index contributed by atoms with van der Waals surface area (Å²) in [4.78, 5) is 4.52. The predicted octanol–water partition coefficient (Wildman–Crippen LogP) is 4.60. The van der Waals surface area contributed by atoms with E-state index >= 15 is 0 Å². The molecule has 0 heterocycles. The number of aliphatic imine (C=N–C) groups is 1. The maximum Gasteiger partial charge on any atom is 0.118 e. The van der Waals surface area contributed by atoms with Crippen molar-refractivity contribution in [2.75, 3.05) is 7.11 Å². The molecule has 2 nitrogen and oxygen atoms in total. The van der Waals surface area contributed by atoms with Crippen LogP contribution in [0.15, 0.2) is 71.7 Å². The molecule has 20 heavy (non-hydrogen) atoms. The van der Waals surface area contributed by atoms with Gasteiger partial charge in [0, 0.05) is 6.21 Å². The van der Waals surface area contributed by atoms with Gasteiger partial charge in [0.05, 0.1) is 12.8 Å². The smallest absolute Gasteiger partial charge is 0.118 e. The lowest BCUT2D eigenvalue weighted by Crippen LogP contribution is -1.84. The number of hydrogen-bond acceptors (Lipinski definition) is 2. The van der Waals surface area contributed by atoms with Crippen molar-refractivity contribution in [1.29, 1.82) is 0 Å². The van der Waals surface area contributed by atoms with Crippen molar-refractivity contribution in [3.05, 3.63) is 72.3 Å². The molecule has 0 fully saturated rings. The number of methoxy groups -OCH3 is 1. The highest BCUT2D eigenvalue weighted by Gasteiger charge is 1.94.